The van der Waals surface area contributed by atoms with E-state index < -0.39 is 0 Å². The van der Waals surface area contributed by atoms with Crippen LogP contribution in [0.15, 0.2) is 30.6 Å². The van der Waals surface area contributed by atoms with Crippen molar-refractivity contribution in [3.8, 4) is 5.75 Å². The Balaban J connectivity index is 1.38. The monoisotopic (exact) mass is 356 g/mol. The summed E-state index contributed by atoms with van der Waals surface area (Å²) in [4.78, 5) is 22.2. The van der Waals surface area contributed by atoms with E-state index in [1.165, 1.54) is 0 Å². The van der Waals surface area contributed by atoms with Gasteiger partial charge in [-0.05, 0) is 57.3 Å². The Morgan fingerprint density at radius 3 is 2.88 bits per heavy atom. The van der Waals surface area contributed by atoms with Crippen molar-refractivity contribution < 1.29 is 9.53 Å². The Morgan fingerprint density at radius 2 is 2.19 bits per heavy atom. The molecule has 140 valence electrons. The number of amides is 1. The lowest BCUT2D eigenvalue weighted by Gasteiger charge is -2.31. The number of piperidine rings is 1. The first-order valence-electron chi connectivity index (χ1n) is 9.29. The number of ether oxygens (including phenoxy) is 1. The summed E-state index contributed by atoms with van der Waals surface area (Å²) in [5, 5.41) is 2.96. The van der Waals surface area contributed by atoms with Crippen molar-refractivity contribution >= 4 is 11.6 Å². The number of rotatable bonds is 7. The number of aromatic amines is 1. The standard InChI is InChI=1S/C20H28N4O2/c1-15-19(22-14-21-15)13-24-10-8-16(9-11-24)6-7-20(25)23-17-4-3-5-18(12-17)26-2/h3-5,12,14,16H,6-11,13H2,1-2H3,(H,21,22)(H,23,25). The van der Waals surface area contributed by atoms with Gasteiger partial charge in [0, 0.05) is 30.4 Å². The summed E-state index contributed by atoms with van der Waals surface area (Å²) in [6, 6.07) is 7.47. The van der Waals surface area contributed by atoms with Gasteiger partial charge in [0.1, 0.15) is 5.75 Å². The van der Waals surface area contributed by atoms with E-state index in [9.17, 15) is 4.79 Å². The second-order valence-electron chi connectivity index (χ2n) is 7.01. The second-order valence-corrected chi connectivity index (χ2v) is 7.01. The largest absolute Gasteiger partial charge is 0.497 e. The van der Waals surface area contributed by atoms with Crippen LogP contribution in [0.5, 0.6) is 5.75 Å². The normalized spacial score (nSPS) is 15.8. The molecule has 1 aromatic carbocycles. The average Bonchev–Trinajstić information content (AvgIpc) is 3.06. The molecule has 1 amide bonds. The summed E-state index contributed by atoms with van der Waals surface area (Å²) in [6.07, 6.45) is 5.58. The molecule has 1 aliphatic rings. The van der Waals surface area contributed by atoms with Gasteiger partial charge in [-0.25, -0.2) is 4.98 Å². The highest BCUT2D eigenvalue weighted by Gasteiger charge is 2.21. The molecule has 1 aromatic heterocycles. The van der Waals surface area contributed by atoms with Gasteiger partial charge in [-0.1, -0.05) is 6.07 Å². The molecule has 2 heterocycles. The van der Waals surface area contributed by atoms with Crippen molar-refractivity contribution in [2.24, 2.45) is 5.92 Å². The number of likely N-dealkylation sites (tertiary alicyclic amines) is 1. The number of aromatic nitrogens is 2. The highest BCUT2D eigenvalue weighted by atomic mass is 16.5. The van der Waals surface area contributed by atoms with Gasteiger partial charge in [0.2, 0.25) is 5.91 Å². The molecule has 3 rings (SSSR count). The number of anilines is 1. The number of imidazole rings is 1. The Hall–Kier alpha value is -2.34. The Morgan fingerprint density at radius 1 is 1.38 bits per heavy atom. The summed E-state index contributed by atoms with van der Waals surface area (Å²) >= 11 is 0. The summed E-state index contributed by atoms with van der Waals surface area (Å²) < 4.78 is 5.18. The van der Waals surface area contributed by atoms with Gasteiger partial charge in [0.05, 0.1) is 19.1 Å². The first kappa shape index (κ1) is 18.5. The molecule has 0 saturated carbocycles. The third-order valence-electron chi connectivity index (χ3n) is 5.15. The molecule has 0 bridgehead atoms. The molecule has 0 spiro atoms. The average molecular weight is 356 g/mol. The Bertz CT molecular complexity index is 720. The van der Waals surface area contributed by atoms with Crippen LogP contribution in [0.4, 0.5) is 5.69 Å². The van der Waals surface area contributed by atoms with E-state index in [-0.39, 0.29) is 5.91 Å². The molecular weight excluding hydrogens is 328 g/mol. The van der Waals surface area contributed by atoms with Gasteiger partial charge < -0.3 is 15.0 Å². The molecule has 1 fully saturated rings. The van der Waals surface area contributed by atoms with E-state index in [0.29, 0.717) is 12.3 Å². The third kappa shape index (κ3) is 5.08. The lowest BCUT2D eigenvalue weighted by molar-refractivity contribution is -0.116. The minimum Gasteiger partial charge on any atom is -0.497 e. The van der Waals surface area contributed by atoms with Crippen LogP contribution >= 0.6 is 0 Å². The number of methoxy groups -OCH3 is 1. The molecule has 1 aliphatic heterocycles. The second kappa shape index (κ2) is 8.85. The van der Waals surface area contributed by atoms with Gasteiger partial charge in [0.25, 0.3) is 0 Å². The predicted octanol–water partition coefficient (Wildman–Crippen LogP) is 3.36. The fourth-order valence-electron chi connectivity index (χ4n) is 3.45. The van der Waals surface area contributed by atoms with Gasteiger partial charge in [-0.3, -0.25) is 9.69 Å². The van der Waals surface area contributed by atoms with Crippen LogP contribution in [0, 0.1) is 12.8 Å². The van der Waals surface area contributed by atoms with Crippen molar-refractivity contribution in [1.29, 1.82) is 0 Å². The lowest BCUT2D eigenvalue weighted by Crippen LogP contribution is -2.33. The van der Waals surface area contributed by atoms with Crippen LogP contribution in [0.2, 0.25) is 0 Å². The van der Waals surface area contributed by atoms with E-state index in [2.05, 4.69) is 27.1 Å². The van der Waals surface area contributed by atoms with E-state index in [1.54, 1.807) is 13.4 Å². The van der Waals surface area contributed by atoms with Crippen LogP contribution < -0.4 is 10.1 Å². The maximum Gasteiger partial charge on any atom is 0.224 e. The van der Waals surface area contributed by atoms with Crippen LogP contribution in [0.25, 0.3) is 0 Å². The van der Waals surface area contributed by atoms with Crippen molar-refractivity contribution in [1.82, 2.24) is 14.9 Å². The molecule has 26 heavy (non-hydrogen) atoms. The number of H-pyrrole nitrogens is 1. The molecule has 1 saturated heterocycles. The molecule has 6 heteroatoms. The summed E-state index contributed by atoms with van der Waals surface area (Å²) in [7, 11) is 1.63. The maximum absolute atomic E-state index is 12.2. The van der Waals surface area contributed by atoms with Gasteiger partial charge in [0.15, 0.2) is 0 Å². The number of nitrogens with zero attached hydrogens (tertiary/aromatic N) is 2. The number of carbonyl (C=O) groups excluding carboxylic acids is 1. The molecule has 0 unspecified atom stereocenters. The van der Waals surface area contributed by atoms with Crippen molar-refractivity contribution in [2.45, 2.75) is 39.2 Å². The number of carbonyl (C=O) groups is 1. The highest BCUT2D eigenvalue weighted by molar-refractivity contribution is 5.90. The van der Waals surface area contributed by atoms with Crippen molar-refractivity contribution in [2.75, 3.05) is 25.5 Å². The van der Waals surface area contributed by atoms with Gasteiger partial charge >= 0.3 is 0 Å². The first-order chi connectivity index (χ1) is 12.6. The van der Waals surface area contributed by atoms with Crippen LogP contribution in [0.1, 0.15) is 37.1 Å². The van der Waals surface area contributed by atoms with E-state index in [0.717, 1.165) is 61.7 Å². The summed E-state index contributed by atoms with van der Waals surface area (Å²) in [6.45, 7) is 5.14. The molecule has 2 N–H and O–H groups in total. The smallest absolute Gasteiger partial charge is 0.224 e. The predicted molar refractivity (Wildman–Crippen MR) is 102 cm³/mol. The number of hydrogen-bond acceptors (Lipinski definition) is 4. The molecule has 0 aliphatic carbocycles. The van der Waals surface area contributed by atoms with E-state index >= 15 is 0 Å². The third-order valence-corrected chi connectivity index (χ3v) is 5.15. The fraction of sp³-hybridized carbons (Fsp3) is 0.500. The topological polar surface area (TPSA) is 70.2 Å². The van der Waals surface area contributed by atoms with Crippen LogP contribution in [-0.2, 0) is 11.3 Å². The van der Waals surface area contributed by atoms with Crippen molar-refractivity contribution in [3.63, 3.8) is 0 Å². The highest BCUT2D eigenvalue weighted by Crippen LogP contribution is 2.24. The zero-order chi connectivity index (χ0) is 18.4. The van der Waals surface area contributed by atoms with Gasteiger partial charge in [-0.15, -0.1) is 0 Å². The number of aryl methyl sites for hydroxylation is 1. The number of benzene rings is 1. The quantitative estimate of drug-likeness (QED) is 0.798. The zero-order valence-corrected chi connectivity index (χ0v) is 15.6. The Kier molecular flexibility index (Phi) is 6.28. The van der Waals surface area contributed by atoms with E-state index in [1.807, 2.05) is 24.3 Å². The molecule has 0 radical (unpaired) electrons. The Labute approximate surface area is 155 Å². The summed E-state index contributed by atoms with van der Waals surface area (Å²) in [5.74, 6) is 1.46. The van der Waals surface area contributed by atoms with Gasteiger partial charge in [-0.2, -0.15) is 0 Å². The zero-order valence-electron chi connectivity index (χ0n) is 15.6. The first-order valence-corrected chi connectivity index (χ1v) is 9.29. The van der Waals surface area contributed by atoms with Crippen LogP contribution in [0.3, 0.4) is 0 Å². The van der Waals surface area contributed by atoms with Crippen molar-refractivity contribution in [3.05, 3.63) is 42.0 Å². The summed E-state index contributed by atoms with van der Waals surface area (Å²) in [5.41, 5.74) is 3.08. The maximum atomic E-state index is 12.2. The molecule has 6 nitrogen and oxygen atoms in total. The number of hydrogen-bond donors (Lipinski definition) is 2. The SMILES string of the molecule is COc1cccc(NC(=O)CCC2CCN(Cc3nc[nH]c3C)CC2)c1. The molecule has 0 atom stereocenters. The molecule has 2 aromatic rings. The van der Waals surface area contributed by atoms with E-state index in [4.69, 9.17) is 4.74 Å². The lowest BCUT2D eigenvalue weighted by atomic mass is 9.92. The fourth-order valence-corrected chi connectivity index (χ4v) is 3.45. The number of nitrogens with one attached hydrogen (secondary N) is 2. The minimum atomic E-state index is 0.0767. The molecular formula is C20H28N4O2. The van der Waals surface area contributed by atoms with Crippen LogP contribution in [-0.4, -0.2) is 41.0 Å². The minimum absolute atomic E-state index is 0.0767.